The number of hydrogen-bond donors (Lipinski definition) is 0. The summed E-state index contributed by atoms with van der Waals surface area (Å²) in [5, 5.41) is 7.06. The lowest BCUT2D eigenvalue weighted by atomic mass is 10.2. The van der Waals surface area contributed by atoms with E-state index < -0.39 is 29.3 Å². The van der Waals surface area contributed by atoms with E-state index in [9.17, 15) is 22.4 Å². The molecule has 0 atom stereocenters. The maximum absolute atomic E-state index is 13.8. The quantitative estimate of drug-likeness (QED) is 0.611. The second-order valence-corrected chi connectivity index (χ2v) is 6.79. The number of hydrogen-bond acceptors (Lipinski definition) is 4. The number of piperazine rings is 1. The molecule has 0 unspecified atom stereocenters. The molecule has 0 saturated carbocycles. The van der Waals surface area contributed by atoms with Crippen LogP contribution in [-0.2, 0) is 6.18 Å². The predicted octanol–water partition coefficient (Wildman–Crippen LogP) is 3.39. The van der Waals surface area contributed by atoms with Gasteiger partial charge in [0.25, 0.3) is 5.91 Å². The van der Waals surface area contributed by atoms with E-state index in [1.165, 1.54) is 4.90 Å². The van der Waals surface area contributed by atoms with Crippen LogP contribution in [-0.4, -0.2) is 52.0 Å². The number of para-hydroxylation sites is 1. The maximum Gasteiger partial charge on any atom is 0.435 e. The van der Waals surface area contributed by atoms with E-state index in [0.29, 0.717) is 17.8 Å². The molecule has 4 rings (SSSR count). The Balaban J connectivity index is 1.58. The van der Waals surface area contributed by atoms with Crippen LogP contribution in [0.4, 0.5) is 23.2 Å². The Kier molecular flexibility index (Phi) is 5.15. The topological polar surface area (TPSA) is 54.3 Å². The highest BCUT2D eigenvalue weighted by atomic mass is 19.4. The number of benzene rings is 2. The lowest BCUT2D eigenvalue weighted by Gasteiger charge is -2.35. The zero-order valence-corrected chi connectivity index (χ0v) is 15.7. The van der Waals surface area contributed by atoms with Crippen LogP contribution >= 0.6 is 0 Å². The Morgan fingerprint density at radius 1 is 0.867 bits per heavy atom. The van der Waals surface area contributed by atoms with Crippen LogP contribution in [0, 0.1) is 5.82 Å². The number of aromatic nitrogens is 3. The summed E-state index contributed by atoms with van der Waals surface area (Å²) in [5.74, 6) is -1.43. The van der Waals surface area contributed by atoms with E-state index in [2.05, 4.69) is 15.2 Å². The molecule has 1 aliphatic rings. The maximum atomic E-state index is 13.8. The van der Waals surface area contributed by atoms with Gasteiger partial charge in [0.1, 0.15) is 5.82 Å². The number of anilines is 1. The zero-order chi connectivity index (χ0) is 21.3. The van der Waals surface area contributed by atoms with Crippen molar-refractivity contribution in [1.29, 1.82) is 0 Å². The highest BCUT2D eigenvalue weighted by molar-refractivity contribution is 5.93. The van der Waals surface area contributed by atoms with Crippen LogP contribution in [0.15, 0.2) is 54.6 Å². The summed E-state index contributed by atoms with van der Waals surface area (Å²) in [6.45, 7) is 1.50. The van der Waals surface area contributed by atoms with Crippen molar-refractivity contribution in [1.82, 2.24) is 19.9 Å². The molecule has 6 nitrogen and oxygen atoms in total. The number of nitrogens with zero attached hydrogens (tertiary/aromatic N) is 5. The standard InChI is InChI=1S/C20H17F4N5O/c21-14-6-8-16(9-7-14)29-18(20(22,23)24)17(25-26-29)19(30)28-12-10-27(11-13-28)15-4-2-1-3-5-15/h1-9H,10-13H2. The van der Waals surface area contributed by atoms with Gasteiger partial charge in [0, 0.05) is 31.9 Å². The summed E-state index contributed by atoms with van der Waals surface area (Å²) in [7, 11) is 0. The monoisotopic (exact) mass is 419 g/mol. The number of carbonyl (C=O) groups excluding carboxylic acids is 1. The summed E-state index contributed by atoms with van der Waals surface area (Å²) in [4.78, 5) is 16.2. The van der Waals surface area contributed by atoms with Crippen molar-refractivity contribution in [2.75, 3.05) is 31.1 Å². The van der Waals surface area contributed by atoms with E-state index in [-0.39, 0.29) is 18.8 Å². The van der Waals surface area contributed by atoms with Gasteiger partial charge in [-0.3, -0.25) is 4.79 Å². The molecule has 1 saturated heterocycles. The van der Waals surface area contributed by atoms with Gasteiger partial charge in [-0.15, -0.1) is 5.10 Å². The Labute approximate surface area is 169 Å². The molecular weight excluding hydrogens is 402 g/mol. The third-order valence-corrected chi connectivity index (χ3v) is 4.90. The molecular formula is C20H17F4N5O. The molecule has 0 N–H and O–H groups in total. The van der Waals surface area contributed by atoms with Gasteiger partial charge in [-0.05, 0) is 36.4 Å². The van der Waals surface area contributed by atoms with Crippen LogP contribution in [0.2, 0.25) is 0 Å². The van der Waals surface area contributed by atoms with Crippen molar-refractivity contribution >= 4 is 11.6 Å². The fourth-order valence-electron chi connectivity index (χ4n) is 3.40. The van der Waals surface area contributed by atoms with Crippen LogP contribution in [0.3, 0.4) is 0 Å². The summed E-state index contributed by atoms with van der Waals surface area (Å²) < 4.78 is 54.9. The van der Waals surface area contributed by atoms with Gasteiger partial charge in [-0.1, -0.05) is 23.4 Å². The molecule has 2 aromatic carbocycles. The van der Waals surface area contributed by atoms with Crippen molar-refractivity contribution in [2.45, 2.75) is 6.18 Å². The average Bonchev–Trinajstić information content (AvgIpc) is 3.20. The summed E-state index contributed by atoms with van der Waals surface area (Å²) >= 11 is 0. The van der Waals surface area contributed by atoms with Crippen LogP contribution in [0.25, 0.3) is 5.69 Å². The molecule has 0 bridgehead atoms. The van der Waals surface area contributed by atoms with Crippen LogP contribution < -0.4 is 4.90 Å². The van der Waals surface area contributed by atoms with Gasteiger partial charge in [-0.25, -0.2) is 9.07 Å². The van der Waals surface area contributed by atoms with E-state index in [1.807, 2.05) is 30.3 Å². The van der Waals surface area contributed by atoms with Gasteiger partial charge < -0.3 is 9.80 Å². The fraction of sp³-hybridized carbons (Fsp3) is 0.250. The van der Waals surface area contributed by atoms with Gasteiger partial charge in [0.15, 0.2) is 11.4 Å². The molecule has 10 heteroatoms. The molecule has 2 heterocycles. The minimum absolute atomic E-state index is 0.0378. The largest absolute Gasteiger partial charge is 0.435 e. The van der Waals surface area contributed by atoms with Gasteiger partial charge >= 0.3 is 6.18 Å². The summed E-state index contributed by atoms with van der Waals surface area (Å²) in [5.41, 5.74) is -1.09. The molecule has 30 heavy (non-hydrogen) atoms. The predicted molar refractivity (Wildman–Crippen MR) is 101 cm³/mol. The van der Waals surface area contributed by atoms with Crippen molar-refractivity contribution in [3.8, 4) is 5.69 Å². The first-order chi connectivity index (χ1) is 14.3. The molecule has 1 amide bonds. The first kappa shape index (κ1) is 19.9. The first-order valence-corrected chi connectivity index (χ1v) is 9.23. The minimum atomic E-state index is -4.87. The Hall–Kier alpha value is -3.43. The molecule has 3 aromatic rings. The molecule has 1 fully saturated rings. The van der Waals surface area contributed by atoms with E-state index in [4.69, 9.17) is 0 Å². The fourth-order valence-corrected chi connectivity index (χ4v) is 3.40. The number of halogens is 4. The number of amides is 1. The molecule has 156 valence electrons. The average molecular weight is 419 g/mol. The Bertz CT molecular complexity index is 1030. The van der Waals surface area contributed by atoms with E-state index >= 15 is 0 Å². The molecule has 0 aliphatic carbocycles. The van der Waals surface area contributed by atoms with E-state index in [1.54, 1.807) is 0 Å². The molecule has 1 aliphatic heterocycles. The Morgan fingerprint density at radius 3 is 2.10 bits per heavy atom. The van der Waals surface area contributed by atoms with Crippen LogP contribution in [0.1, 0.15) is 16.2 Å². The zero-order valence-electron chi connectivity index (χ0n) is 15.7. The third-order valence-electron chi connectivity index (χ3n) is 4.90. The lowest BCUT2D eigenvalue weighted by molar-refractivity contribution is -0.143. The van der Waals surface area contributed by atoms with Crippen LogP contribution in [0.5, 0.6) is 0 Å². The van der Waals surface area contributed by atoms with Crippen molar-refractivity contribution in [2.24, 2.45) is 0 Å². The number of alkyl halides is 3. The summed E-state index contributed by atoms with van der Waals surface area (Å²) in [6.07, 6.45) is -4.87. The third kappa shape index (κ3) is 3.85. The van der Waals surface area contributed by atoms with Crippen molar-refractivity contribution in [3.05, 3.63) is 71.8 Å². The molecule has 1 aromatic heterocycles. The highest BCUT2D eigenvalue weighted by Gasteiger charge is 2.43. The smallest absolute Gasteiger partial charge is 0.368 e. The lowest BCUT2D eigenvalue weighted by Crippen LogP contribution is -2.49. The van der Waals surface area contributed by atoms with Gasteiger partial charge in [0.2, 0.25) is 0 Å². The number of rotatable bonds is 3. The SMILES string of the molecule is O=C(c1nnn(-c2ccc(F)cc2)c1C(F)(F)F)N1CCN(c2ccccc2)CC1. The summed E-state index contributed by atoms with van der Waals surface area (Å²) in [6, 6.07) is 13.9. The second kappa shape index (κ2) is 7.77. The van der Waals surface area contributed by atoms with Crippen molar-refractivity contribution < 1.29 is 22.4 Å². The number of carbonyl (C=O) groups is 1. The normalized spacial score (nSPS) is 14.8. The highest BCUT2D eigenvalue weighted by Crippen LogP contribution is 2.33. The molecule has 0 radical (unpaired) electrons. The van der Waals surface area contributed by atoms with Gasteiger partial charge in [0.05, 0.1) is 5.69 Å². The first-order valence-electron chi connectivity index (χ1n) is 9.23. The Morgan fingerprint density at radius 2 is 1.50 bits per heavy atom. The second-order valence-electron chi connectivity index (χ2n) is 6.79. The van der Waals surface area contributed by atoms with E-state index in [0.717, 1.165) is 30.0 Å². The van der Waals surface area contributed by atoms with Gasteiger partial charge in [-0.2, -0.15) is 13.2 Å². The van der Waals surface area contributed by atoms with Crippen molar-refractivity contribution in [3.63, 3.8) is 0 Å². The minimum Gasteiger partial charge on any atom is -0.368 e. The molecule has 0 spiro atoms.